The van der Waals surface area contributed by atoms with E-state index in [0.29, 0.717) is 18.0 Å². The van der Waals surface area contributed by atoms with Crippen LogP contribution in [0.15, 0.2) is 85.1 Å². The zero-order valence-electron chi connectivity index (χ0n) is 14.6. The van der Waals surface area contributed by atoms with Crippen LogP contribution in [0.1, 0.15) is 5.82 Å². The molecular formula is C22H19N3O2. The Morgan fingerprint density at radius 3 is 2.33 bits per heavy atom. The summed E-state index contributed by atoms with van der Waals surface area (Å²) in [5.41, 5.74) is 8.46. The van der Waals surface area contributed by atoms with Gasteiger partial charge in [0.2, 0.25) is 0 Å². The number of imidazole rings is 1. The lowest BCUT2D eigenvalue weighted by atomic mass is 10.1. The van der Waals surface area contributed by atoms with Crippen molar-refractivity contribution in [2.45, 2.75) is 6.61 Å². The van der Waals surface area contributed by atoms with Crippen molar-refractivity contribution >= 4 is 5.69 Å². The zero-order valence-corrected chi connectivity index (χ0v) is 14.6. The van der Waals surface area contributed by atoms with Gasteiger partial charge < -0.3 is 20.2 Å². The van der Waals surface area contributed by atoms with Gasteiger partial charge >= 0.3 is 0 Å². The molecule has 0 radical (unpaired) electrons. The van der Waals surface area contributed by atoms with E-state index in [1.54, 1.807) is 6.20 Å². The summed E-state index contributed by atoms with van der Waals surface area (Å²) in [5.74, 6) is 2.96. The number of aromatic nitrogens is 2. The molecule has 0 aliphatic carbocycles. The minimum Gasteiger partial charge on any atom is -0.486 e. The summed E-state index contributed by atoms with van der Waals surface area (Å²) in [5, 5.41) is 0. The molecule has 1 aromatic heterocycles. The lowest BCUT2D eigenvalue weighted by Gasteiger charge is -2.08. The van der Waals surface area contributed by atoms with E-state index >= 15 is 0 Å². The Morgan fingerprint density at radius 1 is 0.815 bits per heavy atom. The van der Waals surface area contributed by atoms with E-state index in [2.05, 4.69) is 9.97 Å². The smallest absolute Gasteiger partial charge is 0.150 e. The number of hydrogen-bond acceptors (Lipinski definition) is 4. The predicted octanol–water partition coefficient (Wildman–Crippen LogP) is 5.03. The maximum absolute atomic E-state index is 5.91. The van der Waals surface area contributed by atoms with Gasteiger partial charge in [-0.3, -0.25) is 0 Å². The topological polar surface area (TPSA) is 73.2 Å². The number of nitrogens with zero attached hydrogens (tertiary/aromatic N) is 1. The van der Waals surface area contributed by atoms with Crippen LogP contribution in [-0.2, 0) is 6.61 Å². The van der Waals surface area contributed by atoms with E-state index in [0.717, 1.165) is 28.6 Å². The molecule has 27 heavy (non-hydrogen) atoms. The first-order valence-electron chi connectivity index (χ1n) is 8.62. The highest BCUT2D eigenvalue weighted by molar-refractivity contribution is 5.60. The Kier molecular flexibility index (Phi) is 4.74. The number of aromatic amines is 1. The minimum absolute atomic E-state index is 0.387. The lowest BCUT2D eigenvalue weighted by Crippen LogP contribution is -1.97. The van der Waals surface area contributed by atoms with Crippen molar-refractivity contribution < 1.29 is 9.47 Å². The normalized spacial score (nSPS) is 10.5. The van der Waals surface area contributed by atoms with Crippen LogP contribution in [-0.4, -0.2) is 9.97 Å². The molecule has 0 bridgehead atoms. The number of nitrogens with two attached hydrogens (primary N) is 1. The largest absolute Gasteiger partial charge is 0.486 e. The molecule has 4 rings (SSSR count). The molecule has 1 heterocycles. The van der Waals surface area contributed by atoms with Crippen LogP contribution in [0.25, 0.3) is 11.3 Å². The highest BCUT2D eigenvalue weighted by atomic mass is 16.5. The Labute approximate surface area is 157 Å². The van der Waals surface area contributed by atoms with Crippen molar-refractivity contribution in [3.8, 4) is 28.5 Å². The van der Waals surface area contributed by atoms with E-state index in [1.165, 1.54) is 0 Å². The van der Waals surface area contributed by atoms with Gasteiger partial charge in [-0.15, -0.1) is 0 Å². The summed E-state index contributed by atoms with van der Waals surface area (Å²) < 4.78 is 11.5. The van der Waals surface area contributed by atoms with Gasteiger partial charge in [0.25, 0.3) is 0 Å². The Balaban J connectivity index is 1.42. The average Bonchev–Trinajstić information content (AvgIpc) is 3.19. The van der Waals surface area contributed by atoms with Gasteiger partial charge in [0.1, 0.15) is 29.7 Å². The number of nitrogens with one attached hydrogen (secondary N) is 1. The maximum Gasteiger partial charge on any atom is 0.150 e. The third-order valence-electron chi connectivity index (χ3n) is 4.06. The van der Waals surface area contributed by atoms with Crippen molar-refractivity contribution in [2.75, 3.05) is 5.73 Å². The molecule has 134 valence electrons. The second-order valence-electron chi connectivity index (χ2n) is 6.01. The van der Waals surface area contributed by atoms with E-state index in [4.69, 9.17) is 15.2 Å². The lowest BCUT2D eigenvalue weighted by molar-refractivity contribution is 0.297. The van der Waals surface area contributed by atoms with E-state index in [9.17, 15) is 0 Å². The Bertz CT molecular complexity index is 1010. The standard InChI is InChI=1S/C22H19N3O2/c23-19-8-4-5-9-21(19)27-18-12-10-16(11-13-18)20-14-24-22(25-20)15-26-17-6-2-1-3-7-17/h1-14H,15,23H2,(H,24,25). The Hall–Kier alpha value is -3.73. The number of anilines is 1. The summed E-state index contributed by atoms with van der Waals surface area (Å²) >= 11 is 0. The second kappa shape index (κ2) is 7.66. The molecular weight excluding hydrogens is 338 g/mol. The van der Waals surface area contributed by atoms with Gasteiger partial charge in [0, 0.05) is 0 Å². The van der Waals surface area contributed by atoms with Gasteiger partial charge in [-0.1, -0.05) is 30.3 Å². The average molecular weight is 357 g/mol. The number of para-hydroxylation sites is 3. The molecule has 5 nitrogen and oxygen atoms in total. The fourth-order valence-electron chi connectivity index (χ4n) is 2.65. The molecule has 0 aliphatic rings. The monoisotopic (exact) mass is 357 g/mol. The van der Waals surface area contributed by atoms with Crippen LogP contribution in [0.3, 0.4) is 0 Å². The molecule has 0 unspecified atom stereocenters. The van der Waals surface area contributed by atoms with Crippen LogP contribution < -0.4 is 15.2 Å². The molecule has 0 amide bonds. The molecule has 0 saturated heterocycles. The van der Waals surface area contributed by atoms with E-state index in [-0.39, 0.29) is 0 Å². The van der Waals surface area contributed by atoms with Crippen LogP contribution in [0, 0.1) is 0 Å². The number of hydrogen-bond donors (Lipinski definition) is 2. The molecule has 0 fully saturated rings. The maximum atomic E-state index is 5.91. The Morgan fingerprint density at radius 2 is 1.56 bits per heavy atom. The SMILES string of the molecule is Nc1ccccc1Oc1ccc(-c2cnc(COc3ccccc3)[nH]2)cc1. The van der Waals surface area contributed by atoms with Gasteiger partial charge in [0.05, 0.1) is 17.6 Å². The van der Waals surface area contributed by atoms with Gasteiger partial charge in [-0.25, -0.2) is 4.98 Å². The van der Waals surface area contributed by atoms with Crippen molar-refractivity contribution in [1.29, 1.82) is 0 Å². The highest BCUT2D eigenvalue weighted by Crippen LogP contribution is 2.28. The van der Waals surface area contributed by atoms with E-state index in [1.807, 2.05) is 78.9 Å². The fourth-order valence-corrected chi connectivity index (χ4v) is 2.65. The summed E-state index contributed by atoms with van der Waals surface area (Å²) in [6, 6.07) is 24.9. The summed E-state index contributed by atoms with van der Waals surface area (Å²) in [7, 11) is 0. The second-order valence-corrected chi connectivity index (χ2v) is 6.01. The number of H-pyrrole nitrogens is 1. The van der Waals surface area contributed by atoms with Crippen molar-refractivity contribution in [3.05, 3.63) is 90.9 Å². The van der Waals surface area contributed by atoms with Crippen LogP contribution in [0.2, 0.25) is 0 Å². The number of benzene rings is 3. The molecule has 0 aliphatic heterocycles. The number of ether oxygens (including phenoxy) is 2. The summed E-state index contributed by atoms with van der Waals surface area (Å²) in [6.07, 6.45) is 1.80. The van der Waals surface area contributed by atoms with Crippen molar-refractivity contribution in [3.63, 3.8) is 0 Å². The van der Waals surface area contributed by atoms with Gasteiger partial charge in [-0.05, 0) is 54.1 Å². The molecule has 4 aromatic rings. The third kappa shape index (κ3) is 4.10. The first kappa shape index (κ1) is 16.7. The molecule has 3 aromatic carbocycles. The summed E-state index contributed by atoms with van der Waals surface area (Å²) in [6.45, 7) is 0.387. The highest BCUT2D eigenvalue weighted by Gasteiger charge is 2.06. The molecule has 5 heteroatoms. The van der Waals surface area contributed by atoms with Crippen LogP contribution in [0.4, 0.5) is 5.69 Å². The number of nitrogen functional groups attached to an aromatic ring is 1. The fraction of sp³-hybridized carbons (Fsp3) is 0.0455. The molecule has 0 spiro atoms. The van der Waals surface area contributed by atoms with Crippen LogP contribution >= 0.6 is 0 Å². The van der Waals surface area contributed by atoms with Gasteiger partial charge in [0.15, 0.2) is 0 Å². The minimum atomic E-state index is 0.387. The van der Waals surface area contributed by atoms with E-state index < -0.39 is 0 Å². The van der Waals surface area contributed by atoms with Crippen molar-refractivity contribution in [1.82, 2.24) is 9.97 Å². The number of rotatable bonds is 6. The first-order chi connectivity index (χ1) is 13.3. The summed E-state index contributed by atoms with van der Waals surface area (Å²) in [4.78, 5) is 7.66. The zero-order chi connectivity index (χ0) is 18.5. The quantitative estimate of drug-likeness (QED) is 0.475. The molecule has 0 saturated carbocycles. The van der Waals surface area contributed by atoms with Crippen LogP contribution in [0.5, 0.6) is 17.2 Å². The third-order valence-corrected chi connectivity index (χ3v) is 4.06. The predicted molar refractivity (Wildman–Crippen MR) is 106 cm³/mol. The van der Waals surface area contributed by atoms with Crippen molar-refractivity contribution in [2.24, 2.45) is 0 Å². The molecule has 3 N–H and O–H groups in total. The van der Waals surface area contributed by atoms with Gasteiger partial charge in [-0.2, -0.15) is 0 Å². The molecule has 0 atom stereocenters. The first-order valence-corrected chi connectivity index (χ1v) is 8.62.